The summed E-state index contributed by atoms with van der Waals surface area (Å²) in [6.07, 6.45) is 2.35. The first-order valence-corrected chi connectivity index (χ1v) is 10.8. The molecule has 3 fully saturated rings. The number of benzene rings is 1. The number of fused-ring (bicyclic) bond motifs is 4. The predicted molar refractivity (Wildman–Crippen MR) is 106 cm³/mol. The van der Waals surface area contributed by atoms with Gasteiger partial charge in [0.05, 0.1) is 4.70 Å². The summed E-state index contributed by atoms with van der Waals surface area (Å²) >= 11 is 1.31. The Bertz CT molecular complexity index is 817. The van der Waals surface area contributed by atoms with Crippen LogP contribution in [0.2, 0.25) is 0 Å². The summed E-state index contributed by atoms with van der Waals surface area (Å²) < 4.78 is 19.9. The van der Waals surface area contributed by atoms with Crippen molar-refractivity contribution >= 4 is 44.2 Å². The molecule has 0 spiro atoms. The Morgan fingerprint density at radius 3 is 2.81 bits per heavy atom. The minimum absolute atomic E-state index is 0. The lowest BCUT2D eigenvalue weighted by atomic mass is 9.84. The number of hydrogen-bond donors (Lipinski definition) is 2. The van der Waals surface area contributed by atoms with Crippen LogP contribution in [0.5, 0.6) is 0 Å². The van der Waals surface area contributed by atoms with E-state index in [1.54, 1.807) is 0 Å². The highest BCUT2D eigenvalue weighted by Crippen LogP contribution is 2.29. The van der Waals surface area contributed by atoms with Crippen LogP contribution >= 0.6 is 11.5 Å². The second-order valence-corrected chi connectivity index (χ2v) is 8.97. The lowest BCUT2D eigenvalue weighted by Crippen LogP contribution is -2.57. The molecular formula is C17H24N4O3S2. The zero-order valence-corrected chi connectivity index (χ0v) is 16.3. The molecule has 4 heterocycles. The molecule has 7 nitrogen and oxygen atoms in total. The van der Waals surface area contributed by atoms with Crippen molar-refractivity contribution in [3.8, 4) is 0 Å². The van der Waals surface area contributed by atoms with E-state index in [9.17, 15) is 9.00 Å². The van der Waals surface area contributed by atoms with Crippen molar-refractivity contribution in [1.29, 1.82) is 0 Å². The van der Waals surface area contributed by atoms with Gasteiger partial charge in [0.1, 0.15) is 16.7 Å². The van der Waals surface area contributed by atoms with Crippen molar-refractivity contribution in [2.75, 3.05) is 30.1 Å². The summed E-state index contributed by atoms with van der Waals surface area (Å²) in [5, 5.41) is 4.06. The monoisotopic (exact) mass is 396 g/mol. The van der Waals surface area contributed by atoms with E-state index < -0.39 is 11.0 Å². The largest absolute Gasteiger partial charge is 0.412 e. The van der Waals surface area contributed by atoms with E-state index in [2.05, 4.69) is 19.3 Å². The van der Waals surface area contributed by atoms with E-state index in [1.807, 2.05) is 25.1 Å². The standard InChI is InChI=1S/C17H22N4O2S2.H2O/c1-2-25(23)20-12-3-4-13-15(9-12)24-19-16(13)17(22)18-14-10-21-7-5-11(14)6-8-21;/h3-4,9,11,14,20H,2,5-8,10H2,1H3,(H,18,22);1H2/t14-,25?;/m1./s1. The van der Waals surface area contributed by atoms with Crippen molar-refractivity contribution in [2.24, 2.45) is 5.92 Å². The van der Waals surface area contributed by atoms with Gasteiger partial charge in [0.25, 0.3) is 5.91 Å². The summed E-state index contributed by atoms with van der Waals surface area (Å²) in [7, 11) is -1.08. The lowest BCUT2D eigenvalue weighted by Gasteiger charge is -2.44. The van der Waals surface area contributed by atoms with Gasteiger partial charge >= 0.3 is 0 Å². The first kappa shape index (κ1) is 19.2. The smallest absolute Gasteiger partial charge is 0.271 e. The molecule has 5 rings (SSSR count). The van der Waals surface area contributed by atoms with Crippen molar-refractivity contribution in [2.45, 2.75) is 25.8 Å². The third kappa shape index (κ3) is 3.75. The van der Waals surface area contributed by atoms with Crippen LogP contribution in [0.3, 0.4) is 0 Å². The molecule has 4 N–H and O–H groups in total. The minimum Gasteiger partial charge on any atom is -0.412 e. The summed E-state index contributed by atoms with van der Waals surface area (Å²) in [5.41, 5.74) is 1.29. The number of carbonyl (C=O) groups is 1. The second-order valence-electron chi connectivity index (χ2n) is 6.70. The topological polar surface area (TPSA) is 106 Å². The van der Waals surface area contributed by atoms with E-state index in [4.69, 9.17) is 0 Å². The average Bonchev–Trinajstić information content (AvgIpc) is 3.06. The number of hydrogen-bond acceptors (Lipinski definition) is 5. The molecular weight excluding hydrogens is 372 g/mol. The SMILES string of the molecule is CCS(=O)Nc1ccc2c(C(=O)N[C@@H]3CN4CCC3CC4)nsc2c1.O. The second kappa shape index (κ2) is 7.99. The summed E-state index contributed by atoms with van der Waals surface area (Å²) in [6, 6.07) is 5.89. The molecule has 0 radical (unpaired) electrons. The van der Waals surface area contributed by atoms with Gasteiger partial charge in [-0.3, -0.25) is 4.79 Å². The molecule has 1 aromatic carbocycles. The van der Waals surface area contributed by atoms with E-state index in [0.29, 0.717) is 17.4 Å². The number of amides is 1. The number of nitrogens with zero attached hydrogens (tertiary/aromatic N) is 2. The fraction of sp³-hybridized carbons (Fsp3) is 0.529. The molecule has 0 aliphatic carbocycles. The third-order valence-electron chi connectivity index (χ3n) is 5.15. The molecule has 3 aliphatic heterocycles. The molecule has 2 bridgehead atoms. The van der Waals surface area contributed by atoms with Gasteiger partial charge in [-0.05, 0) is 61.6 Å². The molecule has 142 valence electrons. The average molecular weight is 397 g/mol. The highest BCUT2D eigenvalue weighted by molar-refractivity contribution is 7.86. The van der Waals surface area contributed by atoms with Gasteiger partial charge in [-0.25, -0.2) is 4.21 Å². The molecule has 1 aromatic heterocycles. The Kier molecular flexibility index (Phi) is 5.91. The van der Waals surface area contributed by atoms with Crippen molar-refractivity contribution < 1.29 is 14.5 Å². The molecule has 26 heavy (non-hydrogen) atoms. The van der Waals surface area contributed by atoms with Gasteiger partial charge in [0.2, 0.25) is 0 Å². The Morgan fingerprint density at radius 1 is 1.38 bits per heavy atom. The number of piperidine rings is 3. The zero-order chi connectivity index (χ0) is 17.4. The van der Waals surface area contributed by atoms with Gasteiger partial charge in [-0.1, -0.05) is 6.92 Å². The first-order chi connectivity index (χ1) is 12.1. The molecule has 2 aromatic rings. The van der Waals surface area contributed by atoms with Gasteiger partial charge in [-0.2, -0.15) is 4.37 Å². The van der Waals surface area contributed by atoms with Gasteiger partial charge in [0.15, 0.2) is 0 Å². The Balaban J connectivity index is 0.00000196. The summed E-state index contributed by atoms with van der Waals surface area (Å²) in [6.45, 7) is 5.14. The Hall–Kier alpha value is -1.55. The predicted octanol–water partition coefficient (Wildman–Crippen LogP) is 1.39. The number of rotatable bonds is 5. The fourth-order valence-corrected chi connectivity index (χ4v) is 5.08. The van der Waals surface area contributed by atoms with E-state index in [-0.39, 0.29) is 17.4 Å². The Morgan fingerprint density at radius 2 is 2.15 bits per heavy atom. The zero-order valence-electron chi connectivity index (χ0n) is 14.7. The van der Waals surface area contributed by atoms with Crippen LogP contribution in [0.15, 0.2) is 18.2 Å². The first-order valence-electron chi connectivity index (χ1n) is 8.71. The number of nitrogens with one attached hydrogen (secondary N) is 2. The van der Waals surface area contributed by atoms with Gasteiger partial charge < -0.3 is 20.4 Å². The molecule has 9 heteroatoms. The van der Waals surface area contributed by atoms with Crippen LogP contribution in [0, 0.1) is 5.92 Å². The van der Waals surface area contributed by atoms with Gasteiger partial charge in [0, 0.05) is 29.4 Å². The van der Waals surface area contributed by atoms with E-state index in [0.717, 1.165) is 35.4 Å². The normalized spacial score (nSPS) is 25.5. The molecule has 2 atom stereocenters. The Labute approximate surface area is 159 Å². The van der Waals surface area contributed by atoms with Crippen LogP contribution in [0.25, 0.3) is 10.1 Å². The lowest BCUT2D eigenvalue weighted by molar-refractivity contribution is 0.0619. The van der Waals surface area contributed by atoms with Crippen LogP contribution in [0.1, 0.15) is 30.3 Å². The summed E-state index contributed by atoms with van der Waals surface area (Å²) in [4.78, 5) is 15.2. The quantitative estimate of drug-likeness (QED) is 0.796. The molecule has 1 amide bonds. The van der Waals surface area contributed by atoms with Crippen LogP contribution < -0.4 is 10.0 Å². The van der Waals surface area contributed by atoms with Crippen molar-refractivity contribution in [3.63, 3.8) is 0 Å². The molecule has 0 saturated carbocycles. The maximum Gasteiger partial charge on any atom is 0.271 e. The van der Waals surface area contributed by atoms with Crippen LogP contribution in [-0.2, 0) is 11.0 Å². The maximum absolute atomic E-state index is 12.7. The van der Waals surface area contributed by atoms with Crippen LogP contribution in [0.4, 0.5) is 5.69 Å². The molecule has 3 saturated heterocycles. The van der Waals surface area contributed by atoms with Crippen molar-refractivity contribution in [1.82, 2.24) is 14.6 Å². The van der Waals surface area contributed by atoms with Gasteiger partial charge in [-0.15, -0.1) is 0 Å². The van der Waals surface area contributed by atoms with Crippen molar-refractivity contribution in [3.05, 3.63) is 23.9 Å². The molecule has 3 aliphatic rings. The number of aromatic nitrogens is 1. The van der Waals surface area contributed by atoms with E-state index >= 15 is 0 Å². The van der Waals surface area contributed by atoms with E-state index in [1.165, 1.54) is 24.4 Å². The third-order valence-corrected chi connectivity index (χ3v) is 6.95. The highest BCUT2D eigenvalue weighted by atomic mass is 32.2. The highest BCUT2D eigenvalue weighted by Gasteiger charge is 2.35. The number of carbonyl (C=O) groups excluding carboxylic acids is 1. The van der Waals surface area contributed by atoms with Crippen LogP contribution in [-0.4, -0.2) is 56.3 Å². The summed E-state index contributed by atoms with van der Waals surface area (Å²) in [5.74, 6) is 1.06. The fourth-order valence-electron chi connectivity index (χ4n) is 3.73. The number of anilines is 1. The molecule has 1 unspecified atom stereocenters. The maximum atomic E-state index is 12.7. The minimum atomic E-state index is -1.08.